The van der Waals surface area contributed by atoms with Crippen LogP contribution in [0.3, 0.4) is 0 Å². The first-order valence-corrected chi connectivity index (χ1v) is 7.25. The van der Waals surface area contributed by atoms with Crippen molar-refractivity contribution in [3.8, 4) is 0 Å². The van der Waals surface area contributed by atoms with Crippen LogP contribution in [0.15, 0.2) is 34.2 Å². The molecule has 1 heterocycles. The molecular formula is C15H19N3S. The molecule has 0 aliphatic heterocycles. The van der Waals surface area contributed by atoms with Crippen LogP contribution >= 0.6 is 11.8 Å². The van der Waals surface area contributed by atoms with E-state index in [1.165, 1.54) is 16.0 Å². The SMILES string of the molecule is CCNc1cc(Sc2ccc(C)c(C)c2)nc(C)n1. The minimum absolute atomic E-state index is 0.796. The molecule has 19 heavy (non-hydrogen) atoms. The number of aromatic nitrogens is 2. The fraction of sp³-hybridized carbons (Fsp3) is 0.333. The van der Waals surface area contributed by atoms with Gasteiger partial charge in [0.2, 0.25) is 0 Å². The van der Waals surface area contributed by atoms with Crippen LogP contribution in [0.2, 0.25) is 0 Å². The number of benzene rings is 1. The average molecular weight is 273 g/mol. The molecule has 0 unspecified atom stereocenters. The van der Waals surface area contributed by atoms with Gasteiger partial charge >= 0.3 is 0 Å². The lowest BCUT2D eigenvalue weighted by Crippen LogP contribution is -2.02. The molecule has 1 aromatic heterocycles. The fourth-order valence-electron chi connectivity index (χ4n) is 1.76. The number of nitrogens with one attached hydrogen (secondary N) is 1. The van der Waals surface area contributed by atoms with Crippen molar-refractivity contribution in [3.63, 3.8) is 0 Å². The first-order chi connectivity index (χ1) is 9.08. The number of rotatable bonds is 4. The van der Waals surface area contributed by atoms with Crippen LogP contribution in [0.25, 0.3) is 0 Å². The maximum atomic E-state index is 4.48. The zero-order valence-corrected chi connectivity index (χ0v) is 12.6. The third-order valence-electron chi connectivity index (χ3n) is 2.87. The van der Waals surface area contributed by atoms with Gasteiger partial charge in [-0.2, -0.15) is 0 Å². The van der Waals surface area contributed by atoms with Crippen LogP contribution in [-0.2, 0) is 0 Å². The highest BCUT2D eigenvalue weighted by Gasteiger charge is 2.04. The quantitative estimate of drug-likeness (QED) is 0.855. The highest BCUT2D eigenvalue weighted by molar-refractivity contribution is 7.99. The third-order valence-corrected chi connectivity index (χ3v) is 3.78. The van der Waals surface area contributed by atoms with Crippen molar-refractivity contribution >= 4 is 17.6 Å². The Balaban J connectivity index is 2.24. The lowest BCUT2D eigenvalue weighted by Gasteiger charge is -2.08. The Labute approximate surface area is 118 Å². The molecule has 0 saturated carbocycles. The van der Waals surface area contributed by atoms with Gasteiger partial charge in [-0.25, -0.2) is 9.97 Å². The van der Waals surface area contributed by atoms with E-state index in [2.05, 4.69) is 54.3 Å². The van der Waals surface area contributed by atoms with Crippen LogP contribution in [0.1, 0.15) is 23.9 Å². The predicted octanol–water partition coefficient (Wildman–Crippen LogP) is 3.98. The Bertz CT molecular complexity index is 582. The maximum Gasteiger partial charge on any atom is 0.130 e. The predicted molar refractivity (Wildman–Crippen MR) is 81.0 cm³/mol. The lowest BCUT2D eigenvalue weighted by atomic mass is 10.1. The van der Waals surface area contributed by atoms with Gasteiger partial charge in [-0.1, -0.05) is 17.8 Å². The summed E-state index contributed by atoms with van der Waals surface area (Å²) >= 11 is 1.67. The number of hydrogen-bond acceptors (Lipinski definition) is 4. The van der Waals surface area contributed by atoms with E-state index in [-0.39, 0.29) is 0 Å². The average Bonchev–Trinajstić information content (AvgIpc) is 2.33. The van der Waals surface area contributed by atoms with Crippen molar-refractivity contribution in [1.82, 2.24) is 9.97 Å². The molecule has 0 atom stereocenters. The van der Waals surface area contributed by atoms with E-state index in [0.717, 1.165) is 23.2 Å². The van der Waals surface area contributed by atoms with E-state index >= 15 is 0 Å². The molecule has 0 bridgehead atoms. The molecule has 0 saturated heterocycles. The van der Waals surface area contributed by atoms with Gasteiger partial charge in [-0.3, -0.25) is 0 Å². The van der Waals surface area contributed by atoms with Crippen LogP contribution in [-0.4, -0.2) is 16.5 Å². The third kappa shape index (κ3) is 3.70. The van der Waals surface area contributed by atoms with Crippen molar-refractivity contribution < 1.29 is 0 Å². The number of anilines is 1. The maximum absolute atomic E-state index is 4.48. The summed E-state index contributed by atoms with van der Waals surface area (Å²) in [5.41, 5.74) is 2.62. The Morgan fingerprint density at radius 2 is 1.84 bits per heavy atom. The minimum Gasteiger partial charge on any atom is -0.370 e. The molecule has 0 radical (unpaired) electrons. The van der Waals surface area contributed by atoms with E-state index in [1.807, 2.05) is 13.0 Å². The van der Waals surface area contributed by atoms with Gasteiger partial charge in [0.15, 0.2) is 0 Å². The molecule has 0 amide bonds. The van der Waals surface area contributed by atoms with Crippen molar-refractivity contribution in [1.29, 1.82) is 0 Å². The molecular weight excluding hydrogens is 254 g/mol. The highest BCUT2D eigenvalue weighted by Crippen LogP contribution is 2.28. The Morgan fingerprint density at radius 1 is 1.05 bits per heavy atom. The highest BCUT2D eigenvalue weighted by atomic mass is 32.2. The fourth-order valence-corrected chi connectivity index (χ4v) is 2.72. The van der Waals surface area contributed by atoms with E-state index in [1.54, 1.807) is 11.8 Å². The van der Waals surface area contributed by atoms with Crippen LogP contribution in [0.4, 0.5) is 5.82 Å². The summed E-state index contributed by atoms with van der Waals surface area (Å²) in [6, 6.07) is 8.48. The molecule has 2 aromatic rings. The largest absolute Gasteiger partial charge is 0.370 e. The molecule has 0 aliphatic rings. The molecule has 0 fully saturated rings. The summed E-state index contributed by atoms with van der Waals surface area (Å²) in [6.45, 7) is 9.11. The summed E-state index contributed by atoms with van der Waals surface area (Å²) in [5, 5.41) is 4.21. The topological polar surface area (TPSA) is 37.8 Å². The van der Waals surface area contributed by atoms with Crippen molar-refractivity contribution in [2.24, 2.45) is 0 Å². The second-order valence-corrected chi connectivity index (χ2v) is 5.61. The molecule has 0 aliphatic carbocycles. The second-order valence-electron chi connectivity index (χ2n) is 4.52. The Morgan fingerprint density at radius 3 is 2.53 bits per heavy atom. The van der Waals surface area contributed by atoms with Gasteiger partial charge in [0, 0.05) is 17.5 Å². The summed E-state index contributed by atoms with van der Waals surface area (Å²) < 4.78 is 0. The number of hydrogen-bond donors (Lipinski definition) is 1. The summed E-state index contributed by atoms with van der Waals surface area (Å²) in [7, 11) is 0. The second kappa shape index (κ2) is 6.06. The first-order valence-electron chi connectivity index (χ1n) is 6.43. The van der Waals surface area contributed by atoms with Gasteiger partial charge in [0.05, 0.1) is 0 Å². The zero-order valence-electron chi connectivity index (χ0n) is 11.8. The van der Waals surface area contributed by atoms with Gasteiger partial charge < -0.3 is 5.32 Å². The van der Waals surface area contributed by atoms with E-state index in [4.69, 9.17) is 0 Å². The smallest absolute Gasteiger partial charge is 0.130 e. The van der Waals surface area contributed by atoms with Crippen LogP contribution < -0.4 is 5.32 Å². The van der Waals surface area contributed by atoms with E-state index in [0.29, 0.717) is 0 Å². The summed E-state index contributed by atoms with van der Waals surface area (Å²) in [4.78, 5) is 10.0. The van der Waals surface area contributed by atoms with Crippen molar-refractivity contribution in [3.05, 3.63) is 41.2 Å². The zero-order chi connectivity index (χ0) is 13.8. The summed E-state index contributed by atoms with van der Waals surface area (Å²) in [5.74, 6) is 1.69. The van der Waals surface area contributed by atoms with Crippen molar-refractivity contribution in [2.45, 2.75) is 37.6 Å². The Kier molecular flexibility index (Phi) is 4.43. The van der Waals surface area contributed by atoms with Gasteiger partial charge in [0.25, 0.3) is 0 Å². The molecule has 1 N–H and O–H groups in total. The normalized spacial score (nSPS) is 10.5. The van der Waals surface area contributed by atoms with Gasteiger partial charge in [0.1, 0.15) is 16.7 Å². The summed E-state index contributed by atoms with van der Waals surface area (Å²) in [6.07, 6.45) is 0. The first kappa shape index (κ1) is 13.9. The minimum atomic E-state index is 0.796. The monoisotopic (exact) mass is 273 g/mol. The lowest BCUT2D eigenvalue weighted by molar-refractivity contribution is 0.960. The van der Waals surface area contributed by atoms with E-state index in [9.17, 15) is 0 Å². The number of aryl methyl sites for hydroxylation is 3. The number of nitrogens with zero attached hydrogens (tertiary/aromatic N) is 2. The van der Waals surface area contributed by atoms with Crippen molar-refractivity contribution in [2.75, 3.05) is 11.9 Å². The van der Waals surface area contributed by atoms with Crippen LogP contribution in [0.5, 0.6) is 0 Å². The molecule has 1 aromatic carbocycles. The molecule has 4 heteroatoms. The van der Waals surface area contributed by atoms with Gasteiger partial charge in [-0.05, 0) is 51.0 Å². The molecule has 100 valence electrons. The Hall–Kier alpha value is -1.55. The van der Waals surface area contributed by atoms with Crippen LogP contribution in [0, 0.1) is 20.8 Å². The molecule has 3 nitrogen and oxygen atoms in total. The molecule has 0 spiro atoms. The molecule has 2 rings (SSSR count). The van der Waals surface area contributed by atoms with E-state index < -0.39 is 0 Å². The standard InChI is InChI=1S/C15H19N3S/c1-5-16-14-9-15(18-12(4)17-14)19-13-7-6-10(2)11(3)8-13/h6-9H,5H2,1-4H3,(H,16,17,18). The van der Waals surface area contributed by atoms with Gasteiger partial charge in [-0.15, -0.1) is 0 Å².